The summed E-state index contributed by atoms with van der Waals surface area (Å²) in [6.07, 6.45) is 3.25. The smallest absolute Gasteiger partial charge is 0.0305 e. The lowest BCUT2D eigenvalue weighted by molar-refractivity contribution is 0.578. The second kappa shape index (κ2) is 7.13. The largest absolute Gasteiger partial charge is 0.305 e. The molecule has 2 rings (SSSR count). The average Bonchev–Trinajstić information content (AvgIpc) is 2.93. The summed E-state index contributed by atoms with van der Waals surface area (Å²) < 4.78 is 0. The van der Waals surface area contributed by atoms with Crippen molar-refractivity contribution in [1.29, 1.82) is 0 Å². The minimum atomic E-state index is 0.392. The van der Waals surface area contributed by atoms with Gasteiger partial charge in [0, 0.05) is 27.2 Å². The number of hydrogen-bond donors (Lipinski definition) is 1. The molecular weight excluding hydrogens is 270 g/mol. The summed E-state index contributed by atoms with van der Waals surface area (Å²) in [5.41, 5.74) is 1.35. The first-order chi connectivity index (χ1) is 9.22. The number of hydrogen-bond acceptors (Lipinski definition) is 3. The maximum absolute atomic E-state index is 3.59. The van der Waals surface area contributed by atoms with Crippen LogP contribution >= 0.6 is 23.1 Å². The Morgan fingerprint density at radius 1 is 1.11 bits per heavy atom. The van der Waals surface area contributed by atoms with Crippen molar-refractivity contribution in [2.24, 2.45) is 0 Å². The molecule has 0 aliphatic rings. The lowest BCUT2D eigenvalue weighted by atomic mass is 10.1. The molecule has 0 amide bonds. The number of aryl methyl sites for hydroxylation is 1. The van der Waals surface area contributed by atoms with Gasteiger partial charge in [-0.1, -0.05) is 19.1 Å². The van der Waals surface area contributed by atoms with Gasteiger partial charge in [0.2, 0.25) is 0 Å². The first-order valence-electron chi connectivity index (χ1n) is 6.68. The molecule has 0 fully saturated rings. The Morgan fingerprint density at radius 2 is 1.79 bits per heavy atom. The van der Waals surface area contributed by atoms with E-state index in [0.29, 0.717) is 6.04 Å². The standard InChI is InChI=1S/C16H21NS2/c1-4-14-9-10-16(19-14)11-17-12(2)13-5-7-15(18-3)8-6-13/h5-10,12,17H,4,11H2,1-3H3. The Kier molecular flexibility index (Phi) is 5.49. The fraction of sp³-hybridized carbons (Fsp3) is 0.375. The topological polar surface area (TPSA) is 12.0 Å². The molecule has 1 aromatic heterocycles. The summed E-state index contributed by atoms with van der Waals surface area (Å²) in [6, 6.07) is 13.7. The third-order valence-electron chi connectivity index (χ3n) is 3.26. The molecule has 102 valence electrons. The molecule has 1 heterocycles. The normalized spacial score (nSPS) is 12.6. The van der Waals surface area contributed by atoms with E-state index in [1.54, 1.807) is 11.8 Å². The maximum atomic E-state index is 3.59. The predicted molar refractivity (Wildman–Crippen MR) is 87.2 cm³/mol. The molecule has 1 aromatic carbocycles. The van der Waals surface area contributed by atoms with Crippen LogP contribution in [0.1, 0.15) is 35.2 Å². The highest BCUT2D eigenvalue weighted by Gasteiger charge is 2.06. The van der Waals surface area contributed by atoms with Crippen LogP contribution in [0.25, 0.3) is 0 Å². The summed E-state index contributed by atoms with van der Waals surface area (Å²) in [5.74, 6) is 0. The molecule has 0 saturated heterocycles. The molecule has 3 heteroatoms. The van der Waals surface area contributed by atoms with Gasteiger partial charge in [0.1, 0.15) is 0 Å². The SMILES string of the molecule is CCc1ccc(CNC(C)c2ccc(SC)cc2)s1. The van der Waals surface area contributed by atoms with Crippen LogP contribution in [-0.2, 0) is 13.0 Å². The van der Waals surface area contributed by atoms with Gasteiger partial charge in [0.15, 0.2) is 0 Å². The molecule has 0 aliphatic heterocycles. The summed E-state index contributed by atoms with van der Waals surface area (Å²) >= 11 is 3.70. The number of thiophene rings is 1. The van der Waals surface area contributed by atoms with Gasteiger partial charge in [-0.05, 0) is 49.4 Å². The molecule has 2 aromatic rings. The van der Waals surface area contributed by atoms with Crippen molar-refractivity contribution < 1.29 is 0 Å². The fourth-order valence-corrected chi connectivity index (χ4v) is 3.29. The first kappa shape index (κ1) is 14.6. The van der Waals surface area contributed by atoms with E-state index < -0.39 is 0 Å². The van der Waals surface area contributed by atoms with Crippen LogP contribution in [0.4, 0.5) is 0 Å². The second-order valence-corrected chi connectivity index (χ2v) is 6.73. The summed E-state index contributed by atoms with van der Waals surface area (Å²) in [4.78, 5) is 4.21. The number of benzene rings is 1. The Balaban J connectivity index is 1.90. The minimum Gasteiger partial charge on any atom is -0.305 e. The van der Waals surface area contributed by atoms with E-state index in [1.807, 2.05) is 11.3 Å². The molecule has 0 spiro atoms. The zero-order valence-corrected chi connectivity index (χ0v) is 13.4. The van der Waals surface area contributed by atoms with E-state index in [1.165, 1.54) is 20.2 Å². The monoisotopic (exact) mass is 291 g/mol. The Bertz CT molecular complexity index is 502. The van der Waals surface area contributed by atoms with Crippen molar-refractivity contribution in [2.45, 2.75) is 37.8 Å². The number of rotatable bonds is 6. The summed E-state index contributed by atoms with van der Waals surface area (Å²) in [6.45, 7) is 5.39. The molecule has 1 atom stereocenters. The lowest BCUT2D eigenvalue weighted by Gasteiger charge is -2.14. The van der Waals surface area contributed by atoms with Gasteiger partial charge in [-0.25, -0.2) is 0 Å². The van der Waals surface area contributed by atoms with E-state index in [4.69, 9.17) is 0 Å². The fourth-order valence-electron chi connectivity index (χ4n) is 1.97. The highest BCUT2D eigenvalue weighted by Crippen LogP contribution is 2.21. The van der Waals surface area contributed by atoms with E-state index in [2.05, 4.69) is 61.8 Å². The molecule has 0 radical (unpaired) electrons. The highest BCUT2D eigenvalue weighted by molar-refractivity contribution is 7.98. The van der Waals surface area contributed by atoms with Crippen LogP contribution in [0.5, 0.6) is 0 Å². The maximum Gasteiger partial charge on any atom is 0.0305 e. The molecule has 0 aliphatic carbocycles. The van der Waals surface area contributed by atoms with E-state index in [9.17, 15) is 0 Å². The molecule has 0 bridgehead atoms. The number of thioether (sulfide) groups is 1. The lowest BCUT2D eigenvalue weighted by Crippen LogP contribution is -2.17. The third-order valence-corrected chi connectivity index (χ3v) is 5.24. The van der Waals surface area contributed by atoms with Crippen LogP contribution in [0, 0.1) is 0 Å². The van der Waals surface area contributed by atoms with Gasteiger partial charge in [0.05, 0.1) is 0 Å². The van der Waals surface area contributed by atoms with Crippen LogP contribution in [-0.4, -0.2) is 6.26 Å². The average molecular weight is 291 g/mol. The van der Waals surface area contributed by atoms with Crippen molar-refractivity contribution in [1.82, 2.24) is 5.32 Å². The van der Waals surface area contributed by atoms with E-state index in [-0.39, 0.29) is 0 Å². The predicted octanol–water partition coefficient (Wildman–Crippen LogP) is 4.88. The molecule has 1 unspecified atom stereocenters. The quantitative estimate of drug-likeness (QED) is 0.761. The van der Waals surface area contributed by atoms with Crippen LogP contribution in [0.2, 0.25) is 0 Å². The van der Waals surface area contributed by atoms with Gasteiger partial charge in [-0.3, -0.25) is 0 Å². The molecule has 19 heavy (non-hydrogen) atoms. The van der Waals surface area contributed by atoms with Crippen LogP contribution < -0.4 is 5.32 Å². The van der Waals surface area contributed by atoms with Crippen LogP contribution in [0.15, 0.2) is 41.3 Å². The Morgan fingerprint density at radius 3 is 2.37 bits per heavy atom. The summed E-state index contributed by atoms with van der Waals surface area (Å²) in [7, 11) is 0. The first-order valence-corrected chi connectivity index (χ1v) is 8.72. The Hall–Kier alpha value is -0.770. The minimum absolute atomic E-state index is 0.392. The molecule has 0 saturated carbocycles. The van der Waals surface area contributed by atoms with Crippen molar-refractivity contribution in [3.05, 3.63) is 51.7 Å². The highest BCUT2D eigenvalue weighted by atomic mass is 32.2. The third kappa shape index (κ3) is 4.10. The van der Waals surface area contributed by atoms with Gasteiger partial charge < -0.3 is 5.32 Å². The summed E-state index contributed by atoms with van der Waals surface area (Å²) in [5, 5.41) is 3.59. The van der Waals surface area contributed by atoms with Gasteiger partial charge in [-0.2, -0.15) is 0 Å². The van der Waals surface area contributed by atoms with Crippen LogP contribution in [0.3, 0.4) is 0 Å². The van der Waals surface area contributed by atoms with Gasteiger partial charge in [-0.15, -0.1) is 23.1 Å². The molecule has 1 nitrogen and oxygen atoms in total. The van der Waals surface area contributed by atoms with Gasteiger partial charge >= 0.3 is 0 Å². The van der Waals surface area contributed by atoms with Crippen molar-refractivity contribution in [3.8, 4) is 0 Å². The Labute approximate surface area is 124 Å². The van der Waals surface area contributed by atoms with Gasteiger partial charge in [0.25, 0.3) is 0 Å². The number of nitrogens with one attached hydrogen (secondary N) is 1. The van der Waals surface area contributed by atoms with E-state index in [0.717, 1.165) is 13.0 Å². The van der Waals surface area contributed by atoms with E-state index >= 15 is 0 Å². The van der Waals surface area contributed by atoms with Crippen molar-refractivity contribution in [2.75, 3.05) is 6.26 Å². The van der Waals surface area contributed by atoms with Crippen molar-refractivity contribution >= 4 is 23.1 Å². The second-order valence-electron chi connectivity index (χ2n) is 4.60. The zero-order chi connectivity index (χ0) is 13.7. The molecule has 1 N–H and O–H groups in total. The zero-order valence-electron chi connectivity index (χ0n) is 11.8. The molecular formula is C16H21NS2. The van der Waals surface area contributed by atoms with Crippen molar-refractivity contribution in [3.63, 3.8) is 0 Å².